The molecule has 9 rings (SSSR count). The number of hydrogen-bond donors (Lipinski definition) is 0. The molecule has 268 valence electrons. The third-order valence-corrected chi connectivity index (χ3v) is 11.5. The van der Waals surface area contributed by atoms with Crippen molar-refractivity contribution in [2.24, 2.45) is 0 Å². The molecule has 2 aromatic heterocycles. The largest absolute Gasteiger partial charge is 0.497 e. The van der Waals surface area contributed by atoms with Gasteiger partial charge in [0.15, 0.2) is 0 Å². The van der Waals surface area contributed by atoms with Crippen LogP contribution in [0.4, 0.5) is 0 Å². The molecule has 7 aromatic carbocycles. The van der Waals surface area contributed by atoms with Crippen LogP contribution in [0.5, 0.6) is 17.2 Å². The summed E-state index contributed by atoms with van der Waals surface area (Å²) in [5.74, 6) is 1.82. The third kappa shape index (κ3) is 6.26. The molecule has 0 atom stereocenters. The first-order valence-corrected chi connectivity index (χ1v) is 19.8. The smallest absolute Gasteiger partial charge is 0.453 e. The number of benzene rings is 7. The van der Waals surface area contributed by atoms with E-state index in [2.05, 4.69) is 32.9 Å². The van der Waals surface area contributed by atoms with Crippen LogP contribution in [0.1, 0.15) is 26.3 Å². The SMILES string of the molecule is COc1cc(-c2c(Op3oc4ccccc4c4ccccc4o3)ccc3ccccc23)c(Op2oc3ccccc3c3ccccc3o2)c(C(C)(C)C)c1. The standard InChI is InChI=1S/C45H36O7P2/c1-45(2,3)37-28-30(46-4)27-36(44(37)52-54-49-40-23-13-9-19-34(40)35-20-10-14-24-41(35)50-54)43-31-16-6-5-15-29(31)25-26-42(43)51-53-47-38-21-11-7-17-32(38)33-18-8-12-22-39(33)48-53/h5-28H,1-4H3. The summed E-state index contributed by atoms with van der Waals surface area (Å²) in [5.41, 5.74) is 4.79. The highest BCUT2D eigenvalue weighted by Crippen LogP contribution is 2.52. The second kappa shape index (κ2) is 13.8. The minimum Gasteiger partial charge on any atom is -0.497 e. The molecule has 2 heterocycles. The summed E-state index contributed by atoms with van der Waals surface area (Å²) in [6.45, 7) is 6.45. The van der Waals surface area contributed by atoms with Crippen molar-refractivity contribution in [3.05, 3.63) is 151 Å². The van der Waals surface area contributed by atoms with Gasteiger partial charge in [-0.1, -0.05) is 124 Å². The molecule has 0 saturated heterocycles. The molecule has 7 nitrogen and oxygen atoms in total. The summed E-state index contributed by atoms with van der Waals surface area (Å²) in [7, 11) is -2.27. The van der Waals surface area contributed by atoms with E-state index < -0.39 is 16.5 Å². The van der Waals surface area contributed by atoms with Crippen molar-refractivity contribution in [1.82, 2.24) is 0 Å². The Balaban J connectivity index is 1.32. The van der Waals surface area contributed by atoms with E-state index in [1.165, 1.54) is 0 Å². The van der Waals surface area contributed by atoms with Crippen molar-refractivity contribution in [1.29, 1.82) is 0 Å². The van der Waals surface area contributed by atoms with Crippen molar-refractivity contribution in [3.63, 3.8) is 0 Å². The maximum atomic E-state index is 7.05. The van der Waals surface area contributed by atoms with Crippen LogP contribution in [0.15, 0.2) is 162 Å². The molecule has 0 N–H and O–H groups in total. The van der Waals surface area contributed by atoms with Crippen molar-refractivity contribution in [2.45, 2.75) is 26.2 Å². The number of fused-ring (bicyclic) bond motifs is 7. The van der Waals surface area contributed by atoms with Gasteiger partial charge in [0.1, 0.15) is 39.6 Å². The summed E-state index contributed by atoms with van der Waals surface area (Å²) in [6.07, 6.45) is 0. The molecule has 0 spiro atoms. The molecule has 0 fully saturated rings. The monoisotopic (exact) mass is 750 g/mol. The summed E-state index contributed by atoms with van der Waals surface area (Å²) < 4.78 is 46.1. The number of hydrogen-bond acceptors (Lipinski definition) is 7. The lowest BCUT2D eigenvalue weighted by atomic mass is 9.83. The topological polar surface area (TPSA) is 80.2 Å². The highest BCUT2D eigenvalue weighted by Gasteiger charge is 2.28. The van der Waals surface area contributed by atoms with Gasteiger partial charge >= 0.3 is 16.5 Å². The Morgan fingerprint density at radius 2 is 0.926 bits per heavy atom. The van der Waals surface area contributed by atoms with Crippen LogP contribution < -0.4 is 13.8 Å². The Morgan fingerprint density at radius 3 is 1.41 bits per heavy atom. The average Bonchev–Trinajstić information content (AvgIpc) is 3.45. The maximum Gasteiger partial charge on any atom is 0.453 e. The third-order valence-electron chi connectivity index (χ3n) is 9.43. The van der Waals surface area contributed by atoms with Crippen LogP contribution in [-0.4, -0.2) is 7.11 Å². The predicted molar refractivity (Wildman–Crippen MR) is 219 cm³/mol. The lowest BCUT2D eigenvalue weighted by Crippen LogP contribution is -2.13. The molecule has 0 aliphatic heterocycles. The van der Waals surface area contributed by atoms with E-state index in [-0.39, 0.29) is 5.41 Å². The van der Waals surface area contributed by atoms with Crippen molar-refractivity contribution in [3.8, 4) is 28.4 Å². The first-order chi connectivity index (χ1) is 26.3. The minimum absolute atomic E-state index is 0.383. The average molecular weight is 751 g/mol. The first kappa shape index (κ1) is 33.8. The fourth-order valence-corrected chi connectivity index (χ4v) is 8.99. The Labute approximate surface area is 313 Å². The fourth-order valence-electron chi connectivity index (χ4n) is 6.83. The summed E-state index contributed by atoms with van der Waals surface area (Å²) in [6, 6.07) is 47.9. The number of para-hydroxylation sites is 4. The molecule has 9 aromatic rings. The molecule has 0 radical (unpaired) electrons. The van der Waals surface area contributed by atoms with Crippen LogP contribution in [0, 0.1) is 0 Å². The van der Waals surface area contributed by atoms with Gasteiger partial charge in [0.2, 0.25) is 0 Å². The molecule has 54 heavy (non-hydrogen) atoms. The summed E-state index contributed by atoms with van der Waals surface area (Å²) >= 11 is 0. The fraction of sp³-hybridized carbons (Fsp3) is 0.111. The van der Waals surface area contributed by atoms with Crippen LogP contribution >= 0.6 is 16.5 Å². The van der Waals surface area contributed by atoms with Gasteiger partial charge in [-0.05, 0) is 58.7 Å². The van der Waals surface area contributed by atoms with Gasteiger partial charge in [0, 0.05) is 38.2 Å². The quantitative estimate of drug-likeness (QED) is 0.167. The van der Waals surface area contributed by atoms with Crippen LogP contribution in [0.3, 0.4) is 0 Å². The minimum atomic E-state index is -1.99. The molecule has 0 unspecified atom stereocenters. The Bertz CT molecular complexity index is 2820. The lowest BCUT2D eigenvalue weighted by Gasteiger charge is -2.25. The number of rotatable bonds is 6. The zero-order valence-corrected chi connectivity index (χ0v) is 31.9. The second-order valence-corrected chi connectivity index (χ2v) is 15.9. The van der Waals surface area contributed by atoms with E-state index in [0.717, 1.165) is 49.0 Å². The zero-order chi connectivity index (χ0) is 36.8. The Hall–Kier alpha value is -6.00. The van der Waals surface area contributed by atoms with Gasteiger partial charge in [0.05, 0.1) is 7.11 Å². The van der Waals surface area contributed by atoms with Gasteiger partial charge in [-0.3, -0.25) is 0 Å². The van der Waals surface area contributed by atoms with E-state index >= 15 is 0 Å². The maximum absolute atomic E-state index is 7.05. The molecule has 0 bridgehead atoms. The van der Waals surface area contributed by atoms with Crippen molar-refractivity contribution >= 4 is 71.1 Å². The van der Waals surface area contributed by atoms with E-state index in [4.69, 9.17) is 30.6 Å². The molecular formula is C45H36O7P2. The van der Waals surface area contributed by atoms with Gasteiger partial charge in [-0.2, -0.15) is 0 Å². The highest BCUT2D eigenvalue weighted by molar-refractivity contribution is 7.32. The van der Waals surface area contributed by atoms with Crippen LogP contribution in [-0.2, 0) is 5.41 Å². The van der Waals surface area contributed by atoms with Gasteiger partial charge in [-0.25, -0.2) is 0 Å². The lowest BCUT2D eigenvalue weighted by molar-refractivity contribution is 0.410. The normalized spacial score (nSPS) is 11.7. The van der Waals surface area contributed by atoms with Crippen LogP contribution in [0.2, 0.25) is 0 Å². The highest BCUT2D eigenvalue weighted by atomic mass is 31.1. The van der Waals surface area contributed by atoms with E-state index in [0.29, 0.717) is 39.6 Å². The molecule has 0 aliphatic rings. The molecule has 0 aliphatic carbocycles. The van der Waals surface area contributed by atoms with Crippen LogP contribution in [0.25, 0.3) is 65.8 Å². The zero-order valence-electron chi connectivity index (χ0n) is 30.1. The van der Waals surface area contributed by atoms with E-state index in [9.17, 15) is 0 Å². The summed E-state index contributed by atoms with van der Waals surface area (Å²) in [5, 5.41) is 5.72. The van der Waals surface area contributed by atoms with E-state index in [1.807, 2.05) is 133 Å². The van der Waals surface area contributed by atoms with Gasteiger partial charge in [0.25, 0.3) is 0 Å². The molecule has 0 saturated carbocycles. The number of ether oxygens (including phenoxy) is 1. The van der Waals surface area contributed by atoms with Crippen molar-refractivity contribution in [2.75, 3.05) is 7.11 Å². The molecule has 0 amide bonds. The van der Waals surface area contributed by atoms with E-state index in [1.54, 1.807) is 7.11 Å². The number of methoxy groups -OCH3 is 1. The molecule has 9 heteroatoms. The Morgan fingerprint density at radius 1 is 0.481 bits per heavy atom. The van der Waals surface area contributed by atoms with Gasteiger partial charge in [-0.15, -0.1) is 0 Å². The van der Waals surface area contributed by atoms with Gasteiger partial charge < -0.3 is 30.6 Å². The first-order valence-electron chi connectivity index (χ1n) is 17.6. The van der Waals surface area contributed by atoms with Crippen molar-refractivity contribution < 1.29 is 30.6 Å². The second-order valence-electron chi connectivity index (χ2n) is 13.9. The predicted octanol–water partition coefficient (Wildman–Crippen LogP) is 14.7. The Kier molecular flexibility index (Phi) is 8.62. The molecular weight excluding hydrogens is 714 g/mol. The summed E-state index contributed by atoms with van der Waals surface area (Å²) in [4.78, 5) is 0.